The molecule has 18 heavy (non-hydrogen) atoms. The van der Waals surface area contributed by atoms with Gasteiger partial charge in [-0.15, -0.1) is 0 Å². The molecule has 1 unspecified atom stereocenters. The first-order chi connectivity index (χ1) is 8.49. The summed E-state index contributed by atoms with van der Waals surface area (Å²) in [7, 11) is -3.48. The van der Waals surface area contributed by atoms with Crippen molar-refractivity contribution in [3.63, 3.8) is 0 Å². The van der Waals surface area contributed by atoms with E-state index < -0.39 is 10.0 Å². The van der Waals surface area contributed by atoms with Crippen molar-refractivity contribution in [1.29, 1.82) is 0 Å². The molecule has 0 spiro atoms. The molecule has 0 aliphatic carbocycles. The second-order valence-electron chi connectivity index (χ2n) is 4.16. The normalized spacial score (nSPS) is 20.2. The zero-order chi connectivity index (χ0) is 13.2. The highest BCUT2D eigenvalue weighted by Crippen LogP contribution is 2.25. The average Bonchev–Trinajstić information content (AvgIpc) is 2.83. The molecule has 4 nitrogen and oxygen atoms in total. The molecule has 0 aromatic heterocycles. The van der Waals surface area contributed by atoms with Gasteiger partial charge in [-0.1, -0.05) is 15.9 Å². The van der Waals surface area contributed by atoms with Crippen molar-refractivity contribution in [2.24, 2.45) is 5.92 Å². The fraction of sp³-hybridized carbons (Fsp3) is 0.455. The monoisotopic (exact) mass is 397 g/mol. The van der Waals surface area contributed by atoms with Gasteiger partial charge in [0.15, 0.2) is 0 Å². The number of ether oxygens (including phenoxy) is 1. The fourth-order valence-corrected chi connectivity index (χ4v) is 4.35. The Hall–Kier alpha value is 0.0500. The molecular weight excluding hydrogens is 386 g/mol. The molecule has 0 bridgehead atoms. The fourth-order valence-electron chi connectivity index (χ4n) is 1.73. The van der Waals surface area contributed by atoms with Gasteiger partial charge in [0.05, 0.1) is 11.5 Å². The highest BCUT2D eigenvalue weighted by atomic mass is 79.9. The van der Waals surface area contributed by atoms with E-state index in [0.29, 0.717) is 24.2 Å². The number of rotatable bonds is 4. The van der Waals surface area contributed by atoms with E-state index in [-0.39, 0.29) is 10.8 Å². The molecule has 1 fully saturated rings. The Bertz CT molecular complexity index is 527. The second kappa shape index (κ2) is 6.00. The summed E-state index contributed by atoms with van der Waals surface area (Å²) in [6, 6.07) is 5.07. The van der Waals surface area contributed by atoms with Crippen LogP contribution in [-0.2, 0) is 14.8 Å². The Morgan fingerprint density at radius 1 is 1.39 bits per heavy atom. The molecule has 1 aliphatic heterocycles. The van der Waals surface area contributed by atoms with Crippen molar-refractivity contribution in [2.45, 2.75) is 11.3 Å². The van der Waals surface area contributed by atoms with E-state index in [1.54, 1.807) is 18.2 Å². The molecule has 1 heterocycles. The van der Waals surface area contributed by atoms with Crippen LogP contribution in [0.3, 0.4) is 0 Å². The standard InChI is InChI=1S/C11H13Br2NO3S/c12-9-1-2-10(13)11(5-9)18(15,16)14-6-8-3-4-17-7-8/h1-2,5,8,14H,3-4,6-7H2. The summed E-state index contributed by atoms with van der Waals surface area (Å²) in [5, 5.41) is 0. The molecule has 1 aliphatic rings. The van der Waals surface area contributed by atoms with Gasteiger partial charge in [-0.05, 0) is 46.5 Å². The highest BCUT2D eigenvalue weighted by molar-refractivity contribution is 9.11. The molecule has 7 heteroatoms. The van der Waals surface area contributed by atoms with E-state index in [9.17, 15) is 8.42 Å². The van der Waals surface area contributed by atoms with Crippen molar-refractivity contribution >= 4 is 41.9 Å². The van der Waals surface area contributed by atoms with Gasteiger partial charge in [-0.3, -0.25) is 0 Å². The van der Waals surface area contributed by atoms with Gasteiger partial charge in [0, 0.05) is 22.1 Å². The summed E-state index contributed by atoms with van der Waals surface area (Å²) >= 11 is 6.53. The van der Waals surface area contributed by atoms with Crippen molar-refractivity contribution in [3.8, 4) is 0 Å². The second-order valence-corrected chi connectivity index (χ2v) is 7.66. The highest BCUT2D eigenvalue weighted by Gasteiger charge is 2.22. The van der Waals surface area contributed by atoms with Crippen LogP contribution in [0.5, 0.6) is 0 Å². The maximum atomic E-state index is 12.2. The van der Waals surface area contributed by atoms with E-state index in [4.69, 9.17) is 4.74 Å². The lowest BCUT2D eigenvalue weighted by Crippen LogP contribution is -2.29. The van der Waals surface area contributed by atoms with Crippen molar-refractivity contribution in [1.82, 2.24) is 4.72 Å². The van der Waals surface area contributed by atoms with Crippen molar-refractivity contribution in [2.75, 3.05) is 19.8 Å². The smallest absolute Gasteiger partial charge is 0.241 e. The van der Waals surface area contributed by atoms with Crippen LogP contribution < -0.4 is 4.72 Å². The number of nitrogens with one attached hydrogen (secondary N) is 1. The van der Waals surface area contributed by atoms with E-state index in [1.807, 2.05) is 0 Å². The topological polar surface area (TPSA) is 55.4 Å². The van der Waals surface area contributed by atoms with Crippen LogP contribution in [0.25, 0.3) is 0 Å². The first kappa shape index (κ1) is 14.5. The molecule has 1 saturated heterocycles. The number of hydrogen-bond donors (Lipinski definition) is 1. The van der Waals surface area contributed by atoms with Crippen LogP contribution in [0, 0.1) is 5.92 Å². The van der Waals surface area contributed by atoms with Crippen LogP contribution in [-0.4, -0.2) is 28.2 Å². The summed E-state index contributed by atoms with van der Waals surface area (Å²) in [5.74, 6) is 0.269. The van der Waals surface area contributed by atoms with Gasteiger partial charge >= 0.3 is 0 Å². The molecule has 2 rings (SSSR count). The molecule has 0 amide bonds. The maximum Gasteiger partial charge on any atom is 0.241 e. The van der Waals surface area contributed by atoms with Crippen LogP contribution in [0.15, 0.2) is 32.0 Å². The molecule has 1 atom stereocenters. The number of hydrogen-bond acceptors (Lipinski definition) is 3. The minimum absolute atomic E-state index is 0.246. The minimum Gasteiger partial charge on any atom is -0.381 e. The average molecular weight is 399 g/mol. The van der Waals surface area contributed by atoms with Crippen LogP contribution in [0.4, 0.5) is 0 Å². The van der Waals surface area contributed by atoms with Crippen LogP contribution in [0.1, 0.15) is 6.42 Å². The molecule has 0 radical (unpaired) electrons. The van der Waals surface area contributed by atoms with E-state index >= 15 is 0 Å². The van der Waals surface area contributed by atoms with Crippen LogP contribution in [0.2, 0.25) is 0 Å². The SMILES string of the molecule is O=S(=O)(NCC1CCOC1)c1cc(Br)ccc1Br. The first-order valence-corrected chi connectivity index (χ1v) is 8.58. The largest absolute Gasteiger partial charge is 0.381 e. The van der Waals surface area contributed by atoms with E-state index in [2.05, 4.69) is 36.6 Å². The van der Waals surface area contributed by atoms with Gasteiger partial charge in [-0.25, -0.2) is 13.1 Å². The summed E-state index contributed by atoms with van der Waals surface area (Å²) in [5.41, 5.74) is 0. The van der Waals surface area contributed by atoms with Gasteiger partial charge in [0.25, 0.3) is 0 Å². The summed E-state index contributed by atoms with van der Waals surface area (Å²) in [6.45, 7) is 1.76. The summed E-state index contributed by atoms with van der Waals surface area (Å²) in [4.78, 5) is 0.246. The third-order valence-corrected chi connectivity index (χ3v) is 5.68. The Morgan fingerprint density at radius 2 is 2.17 bits per heavy atom. The number of halogens is 2. The van der Waals surface area contributed by atoms with Crippen LogP contribution >= 0.6 is 31.9 Å². The Kier molecular flexibility index (Phi) is 4.82. The molecule has 100 valence electrons. The zero-order valence-corrected chi connectivity index (χ0v) is 13.5. The van der Waals surface area contributed by atoms with Crippen molar-refractivity contribution in [3.05, 3.63) is 27.1 Å². The zero-order valence-electron chi connectivity index (χ0n) is 9.53. The molecule has 1 aromatic carbocycles. The quantitative estimate of drug-likeness (QED) is 0.847. The molecular formula is C11H13Br2NO3S. The molecule has 1 aromatic rings. The predicted molar refractivity (Wildman–Crippen MR) is 76.0 cm³/mol. The third-order valence-electron chi connectivity index (χ3n) is 2.77. The molecule has 1 N–H and O–H groups in total. The maximum absolute atomic E-state index is 12.2. The minimum atomic E-state index is -3.48. The lowest BCUT2D eigenvalue weighted by molar-refractivity contribution is 0.186. The van der Waals surface area contributed by atoms with E-state index in [0.717, 1.165) is 10.9 Å². The van der Waals surface area contributed by atoms with Gasteiger partial charge in [-0.2, -0.15) is 0 Å². The Balaban J connectivity index is 2.12. The Labute approximate surface area is 123 Å². The van der Waals surface area contributed by atoms with Gasteiger partial charge in [0.2, 0.25) is 10.0 Å². The lowest BCUT2D eigenvalue weighted by Gasteiger charge is -2.11. The van der Waals surface area contributed by atoms with E-state index in [1.165, 1.54) is 0 Å². The van der Waals surface area contributed by atoms with Gasteiger partial charge in [0.1, 0.15) is 0 Å². The van der Waals surface area contributed by atoms with Gasteiger partial charge < -0.3 is 4.74 Å². The Morgan fingerprint density at radius 3 is 2.83 bits per heavy atom. The first-order valence-electron chi connectivity index (χ1n) is 5.51. The third kappa shape index (κ3) is 3.54. The molecule has 0 saturated carbocycles. The summed E-state index contributed by atoms with van der Waals surface area (Å²) < 4.78 is 33.5. The lowest BCUT2D eigenvalue weighted by atomic mass is 10.1. The predicted octanol–water partition coefficient (Wildman–Crippen LogP) is 2.53. The summed E-state index contributed by atoms with van der Waals surface area (Å²) in [6.07, 6.45) is 0.905. The number of benzene rings is 1. The number of sulfonamides is 1. The van der Waals surface area contributed by atoms with Crippen molar-refractivity contribution < 1.29 is 13.2 Å².